The summed E-state index contributed by atoms with van der Waals surface area (Å²) in [6, 6.07) is 0. The van der Waals surface area contributed by atoms with Gasteiger partial charge in [0.2, 0.25) is 0 Å². The van der Waals surface area contributed by atoms with E-state index < -0.39 is 5.60 Å². The molecule has 1 aliphatic rings. The lowest BCUT2D eigenvalue weighted by Crippen LogP contribution is -2.39. The molecule has 1 fully saturated rings. The summed E-state index contributed by atoms with van der Waals surface area (Å²) in [6.07, 6.45) is 0.990. The molecule has 2 N–H and O–H groups in total. The van der Waals surface area contributed by atoms with Crippen molar-refractivity contribution >= 4 is 0 Å². The molecule has 1 heterocycles. The molecule has 11 heavy (non-hydrogen) atoms. The molecule has 1 aliphatic heterocycles. The molecule has 0 amide bonds. The molecule has 1 saturated heterocycles. The predicted octanol–water partition coefficient (Wildman–Crippen LogP) is -0.319. The van der Waals surface area contributed by atoms with Crippen LogP contribution in [0.1, 0.15) is 13.3 Å². The number of hydrogen-bond donors (Lipinski definition) is 2. The Morgan fingerprint density at radius 3 is 2.64 bits per heavy atom. The monoisotopic (exact) mass is 159 g/mol. The van der Waals surface area contributed by atoms with Crippen molar-refractivity contribution in [2.45, 2.75) is 18.9 Å². The molecule has 0 radical (unpaired) electrons. The van der Waals surface area contributed by atoms with E-state index in [1.807, 2.05) is 7.05 Å². The van der Waals surface area contributed by atoms with Crippen molar-refractivity contribution in [1.82, 2.24) is 4.90 Å². The Balaban J connectivity index is 2.48. The zero-order valence-corrected chi connectivity index (χ0v) is 7.25. The summed E-state index contributed by atoms with van der Waals surface area (Å²) in [5, 5.41) is 18.5. The van der Waals surface area contributed by atoms with Gasteiger partial charge in [-0.3, -0.25) is 0 Å². The van der Waals surface area contributed by atoms with Crippen LogP contribution in [0.15, 0.2) is 0 Å². The molecule has 0 bridgehead atoms. The van der Waals surface area contributed by atoms with Crippen molar-refractivity contribution < 1.29 is 10.2 Å². The van der Waals surface area contributed by atoms with E-state index in [1.165, 1.54) is 0 Å². The molecule has 0 aromatic heterocycles. The van der Waals surface area contributed by atoms with Crippen molar-refractivity contribution in [3.05, 3.63) is 0 Å². The minimum atomic E-state index is -0.884. The number of nitrogens with zero attached hydrogens (tertiary/aromatic N) is 1. The van der Waals surface area contributed by atoms with Gasteiger partial charge in [0.1, 0.15) is 0 Å². The highest BCUT2D eigenvalue weighted by molar-refractivity contribution is 4.87. The molecule has 2 atom stereocenters. The van der Waals surface area contributed by atoms with Gasteiger partial charge in [-0.2, -0.15) is 0 Å². The fourth-order valence-corrected chi connectivity index (χ4v) is 1.57. The highest BCUT2D eigenvalue weighted by atomic mass is 16.3. The molecular formula is C8H17NO2. The Morgan fingerprint density at radius 1 is 1.64 bits per heavy atom. The van der Waals surface area contributed by atoms with Crippen molar-refractivity contribution in [1.29, 1.82) is 0 Å². The van der Waals surface area contributed by atoms with Gasteiger partial charge in [-0.1, -0.05) is 0 Å². The third-order valence-corrected chi connectivity index (χ3v) is 2.59. The predicted molar refractivity (Wildman–Crippen MR) is 43.3 cm³/mol. The van der Waals surface area contributed by atoms with E-state index in [-0.39, 0.29) is 12.5 Å². The summed E-state index contributed by atoms with van der Waals surface area (Å²) in [5.74, 6) is 0.234. The van der Waals surface area contributed by atoms with Gasteiger partial charge in [-0.25, -0.2) is 0 Å². The van der Waals surface area contributed by atoms with Gasteiger partial charge in [-0.15, -0.1) is 0 Å². The van der Waals surface area contributed by atoms with Gasteiger partial charge < -0.3 is 15.1 Å². The second kappa shape index (κ2) is 3.09. The maximum Gasteiger partial charge on any atom is 0.0890 e. The fraction of sp³-hybridized carbons (Fsp3) is 1.00. The average molecular weight is 159 g/mol. The standard InChI is InChI=1S/C8H17NO2/c1-8(11,6-10)7-3-4-9(2)5-7/h7,10-11H,3-6H2,1-2H3. The minimum absolute atomic E-state index is 0.133. The van der Waals surface area contributed by atoms with Crippen LogP contribution in [0.25, 0.3) is 0 Å². The van der Waals surface area contributed by atoms with Gasteiger partial charge in [0.15, 0.2) is 0 Å². The van der Waals surface area contributed by atoms with Crippen LogP contribution in [0.3, 0.4) is 0 Å². The lowest BCUT2D eigenvalue weighted by atomic mass is 9.89. The molecule has 2 unspecified atom stereocenters. The molecular weight excluding hydrogens is 142 g/mol. The minimum Gasteiger partial charge on any atom is -0.393 e. The van der Waals surface area contributed by atoms with Crippen molar-refractivity contribution in [2.24, 2.45) is 5.92 Å². The average Bonchev–Trinajstić information content (AvgIpc) is 2.36. The third kappa shape index (κ3) is 1.92. The lowest BCUT2D eigenvalue weighted by Gasteiger charge is -2.27. The smallest absolute Gasteiger partial charge is 0.0890 e. The van der Waals surface area contributed by atoms with E-state index in [4.69, 9.17) is 5.11 Å². The summed E-state index contributed by atoms with van der Waals surface area (Å²) in [4.78, 5) is 2.18. The van der Waals surface area contributed by atoms with Crippen LogP contribution in [0.4, 0.5) is 0 Å². The van der Waals surface area contributed by atoms with E-state index in [0.29, 0.717) is 0 Å². The summed E-state index contributed by atoms with van der Waals surface area (Å²) in [7, 11) is 2.04. The highest BCUT2D eigenvalue weighted by Crippen LogP contribution is 2.25. The first kappa shape index (κ1) is 8.97. The quantitative estimate of drug-likeness (QED) is 0.580. The van der Waals surface area contributed by atoms with E-state index in [1.54, 1.807) is 6.92 Å². The Hall–Kier alpha value is -0.120. The van der Waals surface area contributed by atoms with Gasteiger partial charge in [0, 0.05) is 12.5 Å². The number of aliphatic hydroxyl groups excluding tert-OH is 1. The lowest BCUT2D eigenvalue weighted by molar-refractivity contribution is -0.0426. The molecule has 0 aromatic rings. The van der Waals surface area contributed by atoms with Gasteiger partial charge in [-0.05, 0) is 26.9 Å². The Labute approximate surface area is 67.6 Å². The molecule has 3 nitrogen and oxygen atoms in total. The molecule has 0 aliphatic carbocycles. The summed E-state index contributed by atoms with van der Waals surface area (Å²) < 4.78 is 0. The third-order valence-electron chi connectivity index (χ3n) is 2.59. The van der Waals surface area contributed by atoms with E-state index in [2.05, 4.69) is 4.90 Å². The number of likely N-dealkylation sites (tertiary alicyclic amines) is 1. The Bertz CT molecular complexity index is 136. The first-order valence-corrected chi connectivity index (χ1v) is 4.08. The molecule has 0 aromatic carbocycles. The first-order chi connectivity index (χ1) is 5.06. The fourth-order valence-electron chi connectivity index (χ4n) is 1.57. The summed E-state index contributed by atoms with van der Waals surface area (Å²) >= 11 is 0. The van der Waals surface area contributed by atoms with Crippen LogP contribution in [0.2, 0.25) is 0 Å². The van der Waals surface area contributed by atoms with E-state index >= 15 is 0 Å². The van der Waals surface area contributed by atoms with E-state index in [0.717, 1.165) is 19.5 Å². The highest BCUT2D eigenvalue weighted by Gasteiger charge is 2.35. The molecule has 0 spiro atoms. The zero-order chi connectivity index (χ0) is 8.48. The SMILES string of the molecule is CN1CCC(C(C)(O)CO)C1. The zero-order valence-electron chi connectivity index (χ0n) is 7.25. The largest absolute Gasteiger partial charge is 0.393 e. The Kier molecular flexibility index (Phi) is 2.52. The van der Waals surface area contributed by atoms with Gasteiger partial charge in [0.25, 0.3) is 0 Å². The van der Waals surface area contributed by atoms with Crippen molar-refractivity contribution in [2.75, 3.05) is 26.7 Å². The van der Waals surface area contributed by atoms with Crippen LogP contribution in [-0.4, -0.2) is 47.5 Å². The topological polar surface area (TPSA) is 43.7 Å². The maximum absolute atomic E-state index is 9.66. The van der Waals surface area contributed by atoms with Crippen LogP contribution < -0.4 is 0 Å². The molecule has 3 heteroatoms. The maximum atomic E-state index is 9.66. The Morgan fingerprint density at radius 2 is 2.27 bits per heavy atom. The second-order valence-electron chi connectivity index (χ2n) is 3.76. The molecule has 1 rings (SSSR count). The second-order valence-corrected chi connectivity index (χ2v) is 3.76. The van der Waals surface area contributed by atoms with E-state index in [9.17, 15) is 5.11 Å². The van der Waals surface area contributed by atoms with Crippen LogP contribution >= 0.6 is 0 Å². The summed E-state index contributed by atoms with van der Waals surface area (Å²) in [6.45, 7) is 3.50. The van der Waals surface area contributed by atoms with Crippen molar-refractivity contribution in [3.63, 3.8) is 0 Å². The van der Waals surface area contributed by atoms with Crippen LogP contribution in [0, 0.1) is 5.92 Å². The first-order valence-electron chi connectivity index (χ1n) is 4.08. The van der Waals surface area contributed by atoms with Crippen LogP contribution in [-0.2, 0) is 0 Å². The molecule has 66 valence electrons. The van der Waals surface area contributed by atoms with Gasteiger partial charge >= 0.3 is 0 Å². The summed E-state index contributed by atoms with van der Waals surface area (Å²) in [5.41, 5.74) is -0.884. The number of hydrogen-bond acceptors (Lipinski definition) is 3. The van der Waals surface area contributed by atoms with Gasteiger partial charge in [0.05, 0.1) is 12.2 Å². The van der Waals surface area contributed by atoms with Crippen LogP contribution in [0.5, 0.6) is 0 Å². The normalized spacial score (nSPS) is 32.2. The molecule has 0 saturated carbocycles. The number of rotatable bonds is 2. The number of aliphatic hydroxyl groups is 2. The van der Waals surface area contributed by atoms with Crippen molar-refractivity contribution in [3.8, 4) is 0 Å².